The van der Waals surface area contributed by atoms with E-state index in [1.165, 1.54) is 29.5 Å². The number of carbonyl (C=O) groups excluding carboxylic acids is 1. The topological polar surface area (TPSA) is 17.1 Å². The molecule has 0 fully saturated rings. The number of fused-ring (bicyclic) bond motifs is 4. The molecule has 4 rings (SSSR count). The molecule has 0 amide bonds. The van der Waals surface area contributed by atoms with Gasteiger partial charge in [0.15, 0.2) is 5.78 Å². The van der Waals surface area contributed by atoms with Crippen LogP contribution >= 0.6 is 0 Å². The van der Waals surface area contributed by atoms with E-state index in [-0.39, 0.29) is 11.1 Å². The van der Waals surface area contributed by atoms with E-state index >= 15 is 0 Å². The number of rotatable bonds is 0. The summed E-state index contributed by atoms with van der Waals surface area (Å²) in [6.07, 6.45) is 4.38. The van der Waals surface area contributed by atoms with Crippen LogP contribution in [-0.2, 0) is 0 Å². The fraction of sp³-hybridized carbons (Fsp3) is 0.316. The van der Waals surface area contributed by atoms with Gasteiger partial charge in [-0.1, -0.05) is 49.0 Å². The van der Waals surface area contributed by atoms with Crippen LogP contribution in [0.25, 0.3) is 16.7 Å². The fourth-order valence-corrected chi connectivity index (χ4v) is 4.00. The van der Waals surface area contributed by atoms with Crippen molar-refractivity contribution in [2.24, 2.45) is 0 Å². The Morgan fingerprint density at radius 2 is 1.90 bits per heavy atom. The minimum Gasteiger partial charge on any atom is -0.289 e. The fourth-order valence-electron chi connectivity index (χ4n) is 4.00. The number of carbonyl (C=O) groups is 1. The van der Waals surface area contributed by atoms with E-state index in [4.69, 9.17) is 0 Å². The Balaban J connectivity index is 1.93. The highest BCUT2D eigenvalue weighted by atomic mass is 16.1. The molecule has 1 atom stereocenters. The lowest BCUT2D eigenvalue weighted by Gasteiger charge is -2.22. The third-order valence-corrected chi connectivity index (χ3v) is 5.04. The zero-order chi connectivity index (χ0) is 14.6. The summed E-state index contributed by atoms with van der Waals surface area (Å²) >= 11 is 0. The molecule has 0 heterocycles. The molecule has 0 saturated carbocycles. The first kappa shape index (κ1) is 12.9. The minimum atomic E-state index is 0.247. The molecule has 0 aromatic rings. The SMILES string of the molecule is BC1(C)CCCC2=C(C1)C(=O)c1c2cc2cccccc1-2. The Kier molecular flexibility index (Phi) is 2.66. The second-order valence-corrected chi connectivity index (χ2v) is 7.19. The van der Waals surface area contributed by atoms with Gasteiger partial charge in [-0.05, 0) is 47.6 Å². The summed E-state index contributed by atoms with van der Waals surface area (Å²) in [7, 11) is 2.29. The number of Topliss-reactive ketones (excluding diaryl/α,β-unsaturated/α-hetero) is 1. The van der Waals surface area contributed by atoms with Crippen LogP contribution in [0.2, 0.25) is 5.31 Å². The summed E-state index contributed by atoms with van der Waals surface area (Å²) in [5, 5.41) is 0.247. The molecule has 0 bridgehead atoms. The third-order valence-electron chi connectivity index (χ3n) is 5.04. The molecule has 0 spiro atoms. The van der Waals surface area contributed by atoms with Crippen molar-refractivity contribution in [1.29, 1.82) is 0 Å². The van der Waals surface area contributed by atoms with Gasteiger partial charge in [-0.3, -0.25) is 4.79 Å². The lowest BCUT2D eigenvalue weighted by Crippen LogP contribution is -2.11. The first-order valence-corrected chi connectivity index (χ1v) is 7.86. The molecule has 104 valence electrons. The van der Waals surface area contributed by atoms with Gasteiger partial charge in [0, 0.05) is 11.1 Å². The molecule has 4 aliphatic carbocycles. The average Bonchev–Trinajstić information content (AvgIpc) is 2.70. The van der Waals surface area contributed by atoms with Crippen LogP contribution < -0.4 is 0 Å². The van der Waals surface area contributed by atoms with E-state index < -0.39 is 0 Å². The Hall–Kier alpha value is -1.83. The van der Waals surface area contributed by atoms with E-state index in [2.05, 4.69) is 33.0 Å². The first-order chi connectivity index (χ1) is 10.1. The van der Waals surface area contributed by atoms with E-state index in [0.29, 0.717) is 0 Å². The molecule has 0 aliphatic heterocycles. The molecule has 21 heavy (non-hydrogen) atoms. The predicted octanol–water partition coefficient (Wildman–Crippen LogP) is 4.13. The van der Waals surface area contributed by atoms with Crippen molar-refractivity contribution in [2.45, 2.75) is 37.9 Å². The highest BCUT2D eigenvalue weighted by molar-refractivity contribution is 6.26. The van der Waals surface area contributed by atoms with Crippen molar-refractivity contribution in [2.75, 3.05) is 0 Å². The van der Waals surface area contributed by atoms with Crippen molar-refractivity contribution < 1.29 is 4.79 Å². The third kappa shape index (κ3) is 1.89. The molecule has 1 unspecified atom stereocenters. The number of ketones is 1. The van der Waals surface area contributed by atoms with Gasteiger partial charge in [-0.15, -0.1) is 0 Å². The normalized spacial score (nSPS) is 24.9. The predicted molar refractivity (Wildman–Crippen MR) is 89.7 cm³/mol. The molecular weight excluding hydrogens is 255 g/mol. The largest absolute Gasteiger partial charge is 0.289 e. The van der Waals surface area contributed by atoms with Crippen LogP contribution in [0.3, 0.4) is 0 Å². The molecule has 0 aromatic heterocycles. The van der Waals surface area contributed by atoms with Crippen LogP contribution in [-0.4, -0.2) is 13.6 Å². The zero-order valence-electron chi connectivity index (χ0n) is 12.7. The lowest BCUT2D eigenvalue weighted by molar-refractivity contribution is 0.103. The summed E-state index contributed by atoms with van der Waals surface area (Å²) in [6, 6.07) is 12.5. The zero-order valence-corrected chi connectivity index (χ0v) is 12.7. The number of hydrogen-bond donors (Lipinski definition) is 0. The van der Waals surface area contributed by atoms with Crippen LogP contribution in [0.4, 0.5) is 0 Å². The highest BCUT2D eigenvalue weighted by Crippen LogP contribution is 2.51. The summed E-state index contributed by atoms with van der Waals surface area (Å²) < 4.78 is 0. The summed E-state index contributed by atoms with van der Waals surface area (Å²) in [5.74, 6) is 0.288. The van der Waals surface area contributed by atoms with E-state index in [0.717, 1.165) is 29.5 Å². The van der Waals surface area contributed by atoms with Crippen LogP contribution in [0.15, 0.2) is 42.0 Å². The van der Waals surface area contributed by atoms with Gasteiger partial charge < -0.3 is 0 Å². The van der Waals surface area contributed by atoms with Gasteiger partial charge in [-0.2, -0.15) is 0 Å². The maximum absolute atomic E-state index is 13.0. The Morgan fingerprint density at radius 1 is 1.10 bits per heavy atom. The van der Waals surface area contributed by atoms with Crippen molar-refractivity contribution in [1.82, 2.24) is 0 Å². The van der Waals surface area contributed by atoms with Crippen molar-refractivity contribution in [3.63, 3.8) is 0 Å². The monoisotopic (exact) mass is 274 g/mol. The second-order valence-electron chi connectivity index (χ2n) is 7.19. The standard InChI is InChI=1S/C19H19BO/c1-19(20)9-5-8-14-15-10-12-6-3-2-4-7-13(12)17(15)18(21)16(14)11-19/h2-4,6-7,10H,5,8-9,11,20H2,1H3. The van der Waals surface area contributed by atoms with Gasteiger partial charge >= 0.3 is 0 Å². The molecule has 0 N–H and O–H groups in total. The van der Waals surface area contributed by atoms with Gasteiger partial charge in [-0.25, -0.2) is 0 Å². The average molecular weight is 274 g/mol. The lowest BCUT2D eigenvalue weighted by atomic mass is 9.64. The maximum atomic E-state index is 13.0. The summed E-state index contributed by atoms with van der Waals surface area (Å²) in [5.41, 5.74) is 6.91. The molecule has 0 radical (unpaired) electrons. The highest BCUT2D eigenvalue weighted by Gasteiger charge is 2.37. The Morgan fingerprint density at radius 3 is 2.76 bits per heavy atom. The molecule has 2 heteroatoms. The Labute approximate surface area is 126 Å². The quantitative estimate of drug-likeness (QED) is 0.660. The summed E-state index contributed by atoms with van der Waals surface area (Å²) in [6.45, 7) is 2.29. The van der Waals surface area contributed by atoms with Crippen molar-refractivity contribution >= 4 is 19.2 Å². The van der Waals surface area contributed by atoms with Gasteiger partial charge in [0.1, 0.15) is 7.85 Å². The van der Waals surface area contributed by atoms with Crippen molar-refractivity contribution in [3.8, 4) is 11.1 Å². The molecular formula is C19H19BO. The van der Waals surface area contributed by atoms with Crippen LogP contribution in [0.1, 0.15) is 48.5 Å². The van der Waals surface area contributed by atoms with Crippen LogP contribution in [0.5, 0.6) is 0 Å². The Bertz CT molecular complexity index is 754. The molecule has 1 nitrogen and oxygen atoms in total. The van der Waals surface area contributed by atoms with Crippen LogP contribution in [0, 0.1) is 0 Å². The van der Waals surface area contributed by atoms with E-state index in [1.807, 2.05) is 18.2 Å². The van der Waals surface area contributed by atoms with Gasteiger partial charge in [0.25, 0.3) is 0 Å². The van der Waals surface area contributed by atoms with E-state index in [1.54, 1.807) is 0 Å². The number of allylic oxidation sites excluding steroid dienone is 2. The molecule has 0 saturated heterocycles. The van der Waals surface area contributed by atoms with E-state index in [9.17, 15) is 4.79 Å². The maximum Gasteiger partial charge on any atom is 0.190 e. The summed E-state index contributed by atoms with van der Waals surface area (Å²) in [4.78, 5) is 13.0. The molecule has 0 aromatic carbocycles. The van der Waals surface area contributed by atoms with Gasteiger partial charge in [0.05, 0.1) is 0 Å². The van der Waals surface area contributed by atoms with Gasteiger partial charge in [0.2, 0.25) is 0 Å². The minimum absolute atomic E-state index is 0.247. The second kappa shape index (κ2) is 4.33. The van der Waals surface area contributed by atoms with Crippen molar-refractivity contribution in [3.05, 3.63) is 53.1 Å². The number of hydrogen-bond acceptors (Lipinski definition) is 1. The first-order valence-electron chi connectivity index (χ1n) is 7.86. The molecule has 4 aliphatic rings. The smallest absolute Gasteiger partial charge is 0.190 e.